The van der Waals surface area contributed by atoms with E-state index in [1.807, 2.05) is 60.3 Å². The van der Waals surface area contributed by atoms with Crippen molar-refractivity contribution in [3.05, 3.63) is 0 Å². The number of ether oxygens (including phenoxy) is 5. The highest BCUT2D eigenvalue weighted by atomic mass is 32.2. The van der Waals surface area contributed by atoms with Crippen molar-refractivity contribution < 1.29 is 42.9 Å². The summed E-state index contributed by atoms with van der Waals surface area (Å²) < 4.78 is 24.1. The predicted octanol–water partition coefficient (Wildman–Crippen LogP) is 13.5. The molecule has 54 heavy (non-hydrogen) atoms. The fourth-order valence-corrected chi connectivity index (χ4v) is 2.87. The monoisotopic (exact) mass is 825 g/mol. The van der Waals surface area contributed by atoms with Crippen LogP contribution < -0.4 is 0 Å². The minimum atomic E-state index is -0.132. The highest BCUT2D eigenvalue weighted by Gasteiger charge is 2.00. The van der Waals surface area contributed by atoms with Crippen LogP contribution in [0.2, 0.25) is 0 Å². The summed E-state index contributed by atoms with van der Waals surface area (Å²) in [6.45, 7) is 27.8. The first-order chi connectivity index (χ1) is 23.8. The zero-order valence-corrected chi connectivity index (χ0v) is 37.1. The van der Waals surface area contributed by atoms with Crippen molar-refractivity contribution in [2.24, 2.45) is 5.92 Å². The summed E-state index contributed by atoms with van der Waals surface area (Å²) in [4.78, 5) is 42.4. The van der Waals surface area contributed by atoms with Gasteiger partial charge in [0.15, 0.2) is 0 Å². The van der Waals surface area contributed by atoms with Crippen LogP contribution in [0.4, 0.5) is 0 Å². The van der Waals surface area contributed by atoms with Gasteiger partial charge in [-0.2, -0.15) is 23.5 Å². The van der Waals surface area contributed by atoms with Gasteiger partial charge in [-0.25, -0.2) is 0 Å². The predicted molar refractivity (Wildman–Crippen MR) is 246 cm³/mol. The summed E-state index contributed by atoms with van der Waals surface area (Å²) in [7, 11) is 0. The van der Waals surface area contributed by atoms with Crippen molar-refractivity contribution in [1.29, 1.82) is 0 Å². The molecular formula is C43H100O9S2. The Balaban J connectivity index is -0.0000000454. The Hall–Kier alpha value is -1.46. The molecule has 0 atom stereocenters. The summed E-state index contributed by atoms with van der Waals surface area (Å²) in [6.07, 6.45) is 16.6. The topological polar surface area (TPSA) is 114 Å². The molecule has 9 nitrogen and oxygen atoms in total. The summed E-state index contributed by atoms with van der Waals surface area (Å²) in [6, 6.07) is 0. The molecule has 0 radical (unpaired) electrons. The molecule has 0 fully saturated rings. The molecule has 0 aromatic carbocycles. The van der Waals surface area contributed by atoms with E-state index in [0.717, 1.165) is 43.8 Å². The molecule has 11 heteroatoms. The molecule has 338 valence electrons. The Kier molecular flexibility index (Phi) is 126. The summed E-state index contributed by atoms with van der Waals surface area (Å²) in [5, 5.41) is 0. The normalized spacial score (nSPS) is 8.30. The third kappa shape index (κ3) is 125. The number of esters is 4. The maximum atomic E-state index is 10.7. The number of hydrogen-bond donors (Lipinski definition) is 0. The molecule has 0 aliphatic heterocycles. The minimum absolute atomic E-state index is 0. The third-order valence-corrected chi connectivity index (χ3v) is 5.28. The van der Waals surface area contributed by atoms with Crippen molar-refractivity contribution in [3.63, 3.8) is 0 Å². The van der Waals surface area contributed by atoms with Crippen LogP contribution in [0.3, 0.4) is 0 Å². The van der Waals surface area contributed by atoms with Gasteiger partial charge in [0.2, 0.25) is 0 Å². The lowest BCUT2D eigenvalue weighted by Crippen LogP contribution is -2.09. The van der Waals surface area contributed by atoms with Crippen LogP contribution in [0, 0.1) is 5.92 Å². The molecule has 0 spiro atoms. The molecule has 0 N–H and O–H groups in total. The Morgan fingerprint density at radius 2 is 0.815 bits per heavy atom. The van der Waals surface area contributed by atoms with Gasteiger partial charge in [0, 0.05) is 31.6 Å². The van der Waals surface area contributed by atoms with Gasteiger partial charge in [0.25, 0.3) is 0 Å². The standard InChI is InChI=1S/C8H16O3.C7H14O2S.C7H14O2.C6H12O2.C6H14.C3H8.C2H6S.4CH4/c1-3-5-8(9)11-7-6-10-4-2;1-3-5-9-7(8)4-6-10-2;1-3-5-7(8)9-6-4-2;1-3-5-8-6(7)4-2;1-4-5-6(2)3;2*1-3-2;;;;/h3-7H2,1-2H3;3-6H2,1-2H3;3-6H2,1-2H3;3-5H2,1-2H3;6H,4-5H2,1-3H3;3H2,1-2H3;1-2H3;4*1H4. The van der Waals surface area contributed by atoms with Gasteiger partial charge in [0.1, 0.15) is 6.61 Å². The summed E-state index contributed by atoms with van der Waals surface area (Å²) >= 11 is 3.41. The van der Waals surface area contributed by atoms with Gasteiger partial charge in [-0.3, -0.25) is 19.2 Å². The molecule has 0 aromatic rings. The van der Waals surface area contributed by atoms with Gasteiger partial charge < -0.3 is 23.7 Å². The van der Waals surface area contributed by atoms with Crippen LogP contribution in [0.15, 0.2) is 0 Å². The largest absolute Gasteiger partial charge is 0.466 e. The Morgan fingerprint density at radius 1 is 0.481 bits per heavy atom. The molecular weight excluding hydrogens is 725 g/mol. The SMILES string of the molecule is C.C.C.C.CCC.CCCC(=O)OCCOCC.CCCC(C)C.CCCOC(=O)CC.CCCOC(=O)CCC.CCCOC(=O)CCSC.CSC. The molecule has 0 heterocycles. The van der Waals surface area contributed by atoms with Crippen molar-refractivity contribution in [1.82, 2.24) is 0 Å². The van der Waals surface area contributed by atoms with Gasteiger partial charge in [-0.1, -0.05) is 125 Å². The van der Waals surface area contributed by atoms with E-state index in [4.69, 9.17) is 23.7 Å². The van der Waals surface area contributed by atoms with Gasteiger partial charge in [-0.15, -0.1) is 0 Å². The highest BCUT2D eigenvalue weighted by Crippen LogP contribution is 2.00. The third-order valence-electron chi connectivity index (χ3n) is 4.67. The molecule has 0 saturated carbocycles. The van der Waals surface area contributed by atoms with E-state index in [1.165, 1.54) is 19.3 Å². The molecule has 0 amide bonds. The molecule has 0 rings (SSSR count). The zero-order valence-electron chi connectivity index (χ0n) is 35.5. The summed E-state index contributed by atoms with van der Waals surface area (Å²) in [5.41, 5.74) is 0. The van der Waals surface area contributed by atoms with Gasteiger partial charge in [-0.05, 0) is 63.7 Å². The lowest BCUT2D eigenvalue weighted by atomic mass is 10.1. The van der Waals surface area contributed by atoms with Crippen LogP contribution in [-0.2, 0) is 42.9 Å². The lowest BCUT2D eigenvalue weighted by molar-refractivity contribution is -0.145. The Bertz CT molecular complexity index is 624. The fourth-order valence-electron chi connectivity index (χ4n) is 2.50. The van der Waals surface area contributed by atoms with Crippen LogP contribution in [0.5, 0.6) is 0 Å². The van der Waals surface area contributed by atoms with Crippen molar-refractivity contribution in [2.75, 3.05) is 64.2 Å². The number of hydrogen-bond acceptors (Lipinski definition) is 11. The fraction of sp³-hybridized carbons (Fsp3) is 0.907. The van der Waals surface area contributed by atoms with Gasteiger partial charge in [0.05, 0.1) is 32.8 Å². The van der Waals surface area contributed by atoms with Crippen LogP contribution in [-0.4, -0.2) is 88.0 Å². The van der Waals surface area contributed by atoms with E-state index in [1.54, 1.807) is 30.4 Å². The number of carbonyl (C=O) groups excluding carboxylic acids is 4. The molecule has 0 aliphatic rings. The van der Waals surface area contributed by atoms with Crippen LogP contribution in [0.25, 0.3) is 0 Å². The quantitative estimate of drug-likeness (QED) is 0.0664. The first-order valence-corrected chi connectivity index (χ1v) is 22.0. The van der Waals surface area contributed by atoms with Crippen LogP contribution in [0.1, 0.15) is 190 Å². The smallest absolute Gasteiger partial charge is 0.306 e. The maximum Gasteiger partial charge on any atom is 0.306 e. The van der Waals surface area contributed by atoms with Crippen LogP contribution >= 0.6 is 23.5 Å². The molecule has 0 aliphatic carbocycles. The first kappa shape index (κ1) is 80.9. The van der Waals surface area contributed by atoms with E-state index < -0.39 is 0 Å². The molecule has 0 saturated heterocycles. The second-order valence-electron chi connectivity index (χ2n) is 11.0. The lowest BCUT2D eigenvalue weighted by Gasteiger charge is -2.02. The Labute approximate surface area is 349 Å². The second kappa shape index (κ2) is 84.2. The minimum Gasteiger partial charge on any atom is -0.466 e. The van der Waals surface area contributed by atoms with Crippen molar-refractivity contribution >= 4 is 47.4 Å². The number of thioether (sulfide) groups is 2. The van der Waals surface area contributed by atoms with Crippen molar-refractivity contribution in [3.8, 4) is 0 Å². The zero-order chi connectivity index (χ0) is 40.3. The van der Waals surface area contributed by atoms with E-state index >= 15 is 0 Å². The number of carbonyl (C=O) groups is 4. The van der Waals surface area contributed by atoms with Gasteiger partial charge >= 0.3 is 23.9 Å². The summed E-state index contributed by atoms with van der Waals surface area (Å²) in [5.74, 6) is 1.38. The van der Waals surface area contributed by atoms with E-state index in [9.17, 15) is 19.2 Å². The van der Waals surface area contributed by atoms with Crippen molar-refractivity contribution in [2.45, 2.75) is 190 Å². The second-order valence-corrected chi connectivity index (χ2v) is 12.8. The highest BCUT2D eigenvalue weighted by molar-refractivity contribution is 7.98. The first-order valence-electron chi connectivity index (χ1n) is 18.9. The average molecular weight is 825 g/mol. The molecule has 0 aromatic heterocycles. The molecule has 0 bridgehead atoms. The van der Waals surface area contributed by atoms with E-state index in [0.29, 0.717) is 65.3 Å². The molecule has 0 unspecified atom stereocenters. The number of rotatable bonds is 20. The maximum absolute atomic E-state index is 10.7. The van der Waals surface area contributed by atoms with E-state index in [2.05, 4.69) is 34.6 Å². The average Bonchev–Trinajstić information content (AvgIpc) is 3.08. The Morgan fingerprint density at radius 3 is 1.06 bits per heavy atom. The van der Waals surface area contributed by atoms with E-state index in [-0.39, 0.29) is 53.6 Å².